The Morgan fingerprint density at radius 2 is 2.18 bits per heavy atom. The summed E-state index contributed by atoms with van der Waals surface area (Å²) < 4.78 is 11.0. The van der Waals surface area contributed by atoms with E-state index in [9.17, 15) is 4.79 Å². The first kappa shape index (κ1) is 14.4. The van der Waals surface area contributed by atoms with Crippen LogP contribution in [0.2, 0.25) is 0 Å². The zero-order valence-corrected chi connectivity index (χ0v) is 10.8. The van der Waals surface area contributed by atoms with Crippen molar-refractivity contribution < 1.29 is 14.3 Å². The fraction of sp³-hybridized carbons (Fsp3) is 0.917. The molecule has 1 unspecified atom stereocenters. The van der Waals surface area contributed by atoms with Crippen LogP contribution in [0.5, 0.6) is 0 Å². The average molecular weight is 244 g/mol. The third kappa shape index (κ3) is 4.61. The smallest absolute Gasteiger partial charge is 0.239 e. The molecule has 5 heteroatoms. The van der Waals surface area contributed by atoms with Crippen molar-refractivity contribution in [1.29, 1.82) is 0 Å². The van der Waals surface area contributed by atoms with Crippen LogP contribution in [0.25, 0.3) is 0 Å². The Morgan fingerprint density at radius 3 is 2.71 bits per heavy atom. The van der Waals surface area contributed by atoms with Gasteiger partial charge in [-0.1, -0.05) is 6.92 Å². The van der Waals surface area contributed by atoms with Crippen LogP contribution in [0, 0.1) is 0 Å². The molecular weight excluding hydrogens is 220 g/mol. The van der Waals surface area contributed by atoms with Crippen LogP contribution in [-0.2, 0) is 14.3 Å². The van der Waals surface area contributed by atoms with Crippen LogP contribution in [0.1, 0.15) is 33.1 Å². The monoisotopic (exact) mass is 244 g/mol. The Morgan fingerprint density at radius 1 is 1.53 bits per heavy atom. The van der Waals surface area contributed by atoms with E-state index in [0.717, 1.165) is 39.0 Å². The van der Waals surface area contributed by atoms with Gasteiger partial charge in [-0.25, -0.2) is 0 Å². The molecule has 100 valence electrons. The molecule has 1 fully saturated rings. The third-order valence-corrected chi connectivity index (χ3v) is 3.09. The summed E-state index contributed by atoms with van der Waals surface area (Å²) in [5.41, 5.74) is 4.65. The Balaban J connectivity index is 2.39. The number of amides is 1. The normalized spacial score (nSPS) is 21.1. The van der Waals surface area contributed by atoms with Crippen LogP contribution < -0.4 is 11.1 Å². The number of ether oxygens (including phenoxy) is 2. The maximum Gasteiger partial charge on any atom is 0.239 e. The topological polar surface area (TPSA) is 73.6 Å². The second kappa shape index (κ2) is 6.93. The minimum Gasteiger partial charge on any atom is -0.381 e. The zero-order valence-electron chi connectivity index (χ0n) is 10.8. The molecule has 0 aromatic carbocycles. The van der Waals surface area contributed by atoms with Crippen molar-refractivity contribution in [2.24, 2.45) is 5.73 Å². The van der Waals surface area contributed by atoms with E-state index in [0.29, 0.717) is 6.61 Å². The highest BCUT2D eigenvalue weighted by Gasteiger charge is 2.31. The van der Waals surface area contributed by atoms with Gasteiger partial charge in [0.15, 0.2) is 0 Å². The molecule has 17 heavy (non-hydrogen) atoms. The zero-order chi connectivity index (χ0) is 12.7. The van der Waals surface area contributed by atoms with Crippen molar-refractivity contribution in [1.82, 2.24) is 5.32 Å². The fourth-order valence-electron chi connectivity index (χ4n) is 1.74. The summed E-state index contributed by atoms with van der Waals surface area (Å²) >= 11 is 0. The minimum absolute atomic E-state index is 0.186. The first-order valence-corrected chi connectivity index (χ1v) is 6.33. The van der Waals surface area contributed by atoms with Gasteiger partial charge in [0.25, 0.3) is 0 Å². The van der Waals surface area contributed by atoms with Crippen LogP contribution >= 0.6 is 0 Å². The SMILES string of the molecule is CCCNC(C)(COC1CCOCC1)C(N)=O. The highest BCUT2D eigenvalue weighted by molar-refractivity contribution is 5.84. The molecule has 5 nitrogen and oxygen atoms in total. The van der Waals surface area contributed by atoms with Gasteiger partial charge in [0.05, 0.1) is 12.7 Å². The molecule has 0 bridgehead atoms. The molecule has 1 atom stereocenters. The van der Waals surface area contributed by atoms with Crippen LogP contribution in [0.4, 0.5) is 0 Å². The predicted octanol–water partition coefficient (Wildman–Crippen LogP) is 0.426. The van der Waals surface area contributed by atoms with E-state index in [1.54, 1.807) is 6.92 Å². The molecule has 0 radical (unpaired) electrons. The molecule has 0 spiro atoms. The van der Waals surface area contributed by atoms with E-state index < -0.39 is 5.54 Å². The lowest BCUT2D eigenvalue weighted by molar-refractivity contribution is -0.128. The molecule has 0 aromatic heterocycles. The number of nitrogens with one attached hydrogen (secondary N) is 1. The molecule has 1 rings (SSSR count). The minimum atomic E-state index is -0.770. The first-order chi connectivity index (χ1) is 8.08. The van der Waals surface area contributed by atoms with E-state index in [-0.39, 0.29) is 12.0 Å². The van der Waals surface area contributed by atoms with Crippen molar-refractivity contribution in [2.45, 2.75) is 44.8 Å². The van der Waals surface area contributed by atoms with Gasteiger partial charge in [-0.3, -0.25) is 4.79 Å². The van der Waals surface area contributed by atoms with Crippen molar-refractivity contribution in [3.05, 3.63) is 0 Å². The largest absolute Gasteiger partial charge is 0.381 e. The molecule has 0 aliphatic carbocycles. The lowest BCUT2D eigenvalue weighted by atomic mass is 10.0. The van der Waals surface area contributed by atoms with Crippen molar-refractivity contribution in [2.75, 3.05) is 26.4 Å². The Labute approximate surface area is 103 Å². The summed E-state index contributed by atoms with van der Waals surface area (Å²) in [6, 6.07) is 0. The maximum absolute atomic E-state index is 11.5. The third-order valence-electron chi connectivity index (χ3n) is 3.09. The van der Waals surface area contributed by atoms with Gasteiger partial charge in [-0.05, 0) is 32.7 Å². The summed E-state index contributed by atoms with van der Waals surface area (Å²) in [7, 11) is 0. The molecule has 1 saturated heterocycles. The van der Waals surface area contributed by atoms with Crippen molar-refractivity contribution in [3.63, 3.8) is 0 Å². The lowest BCUT2D eigenvalue weighted by Crippen LogP contribution is -2.57. The Bertz CT molecular complexity index is 242. The number of primary amides is 1. The number of hydrogen-bond donors (Lipinski definition) is 2. The lowest BCUT2D eigenvalue weighted by Gasteiger charge is -2.30. The van der Waals surface area contributed by atoms with Gasteiger partial charge in [-0.15, -0.1) is 0 Å². The predicted molar refractivity (Wildman–Crippen MR) is 65.7 cm³/mol. The summed E-state index contributed by atoms with van der Waals surface area (Å²) in [6.45, 7) is 6.41. The van der Waals surface area contributed by atoms with Crippen LogP contribution in [0.15, 0.2) is 0 Å². The molecule has 1 aliphatic heterocycles. The molecule has 1 heterocycles. The second-order valence-corrected chi connectivity index (χ2v) is 4.75. The van der Waals surface area contributed by atoms with Gasteiger partial charge >= 0.3 is 0 Å². The summed E-state index contributed by atoms with van der Waals surface area (Å²) in [4.78, 5) is 11.5. The summed E-state index contributed by atoms with van der Waals surface area (Å²) in [5.74, 6) is -0.363. The molecular formula is C12H24N2O3. The summed E-state index contributed by atoms with van der Waals surface area (Å²) in [6.07, 6.45) is 2.93. The Hall–Kier alpha value is -0.650. The molecule has 3 N–H and O–H groups in total. The van der Waals surface area contributed by atoms with E-state index in [2.05, 4.69) is 5.32 Å². The molecule has 0 saturated carbocycles. The van der Waals surface area contributed by atoms with Crippen molar-refractivity contribution >= 4 is 5.91 Å². The second-order valence-electron chi connectivity index (χ2n) is 4.75. The highest BCUT2D eigenvalue weighted by atomic mass is 16.5. The van der Waals surface area contributed by atoms with Crippen LogP contribution in [0.3, 0.4) is 0 Å². The number of carbonyl (C=O) groups excluding carboxylic acids is 1. The Kier molecular flexibility index (Phi) is 5.88. The van der Waals surface area contributed by atoms with Gasteiger partial charge in [0, 0.05) is 13.2 Å². The molecule has 1 aliphatic rings. The maximum atomic E-state index is 11.5. The summed E-state index contributed by atoms with van der Waals surface area (Å²) in [5, 5.41) is 3.15. The number of rotatable bonds is 7. The van der Waals surface area contributed by atoms with E-state index in [1.165, 1.54) is 0 Å². The van der Waals surface area contributed by atoms with Gasteiger partial charge < -0.3 is 20.5 Å². The fourth-order valence-corrected chi connectivity index (χ4v) is 1.74. The quantitative estimate of drug-likeness (QED) is 0.681. The van der Waals surface area contributed by atoms with Gasteiger partial charge in [-0.2, -0.15) is 0 Å². The average Bonchev–Trinajstić information content (AvgIpc) is 2.35. The number of hydrogen-bond acceptors (Lipinski definition) is 4. The number of nitrogens with two attached hydrogens (primary N) is 1. The van der Waals surface area contributed by atoms with E-state index in [4.69, 9.17) is 15.2 Å². The number of carbonyl (C=O) groups is 1. The van der Waals surface area contributed by atoms with Crippen molar-refractivity contribution in [3.8, 4) is 0 Å². The standard InChI is InChI=1S/C12H24N2O3/c1-3-6-14-12(2,11(13)15)9-17-10-4-7-16-8-5-10/h10,14H,3-9H2,1-2H3,(H2,13,15). The van der Waals surface area contributed by atoms with Gasteiger partial charge in [0.2, 0.25) is 5.91 Å². The highest BCUT2D eigenvalue weighted by Crippen LogP contribution is 2.13. The van der Waals surface area contributed by atoms with E-state index in [1.807, 2.05) is 6.92 Å². The first-order valence-electron chi connectivity index (χ1n) is 6.33. The van der Waals surface area contributed by atoms with Crippen LogP contribution in [-0.4, -0.2) is 43.9 Å². The molecule has 0 aromatic rings. The molecule has 1 amide bonds. The van der Waals surface area contributed by atoms with Gasteiger partial charge in [0.1, 0.15) is 5.54 Å². The van der Waals surface area contributed by atoms with E-state index >= 15 is 0 Å².